The van der Waals surface area contributed by atoms with Crippen molar-refractivity contribution in [2.45, 2.75) is 26.1 Å². The lowest BCUT2D eigenvalue weighted by Gasteiger charge is -2.16. The first-order chi connectivity index (χ1) is 13.7. The predicted molar refractivity (Wildman–Crippen MR) is 103 cm³/mol. The molecule has 29 heavy (non-hydrogen) atoms. The fourth-order valence-electron chi connectivity index (χ4n) is 2.92. The number of carbonyl (C=O) groups excluding carboxylic acids is 1. The van der Waals surface area contributed by atoms with Gasteiger partial charge < -0.3 is 10.6 Å². The average Bonchev–Trinajstić information content (AvgIpc) is 2.68. The summed E-state index contributed by atoms with van der Waals surface area (Å²) in [5.74, 6) is -0.874. The third-order valence-corrected chi connectivity index (χ3v) is 4.48. The highest BCUT2D eigenvalue weighted by molar-refractivity contribution is 5.97. The van der Waals surface area contributed by atoms with Crippen LogP contribution in [0.1, 0.15) is 41.4 Å². The Morgan fingerprint density at radius 2 is 1.90 bits per heavy atom. The molecule has 0 radical (unpaired) electrons. The van der Waals surface area contributed by atoms with E-state index in [0.29, 0.717) is 23.2 Å². The topological polar surface area (TPSA) is 54.0 Å². The molecule has 0 saturated carbocycles. The quantitative estimate of drug-likeness (QED) is 0.565. The van der Waals surface area contributed by atoms with Gasteiger partial charge >= 0.3 is 6.18 Å². The molecule has 3 rings (SSSR count). The normalized spacial score (nSPS) is 12.6. The largest absolute Gasteiger partial charge is 0.416 e. The number of rotatable bonds is 5. The summed E-state index contributed by atoms with van der Waals surface area (Å²) < 4.78 is 52.5. The van der Waals surface area contributed by atoms with E-state index in [1.165, 1.54) is 24.4 Å². The fourth-order valence-corrected chi connectivity index (χ4v) is 2.92. The van der Waals surface area contributed by atoms with Crippen LogP contribution in [-0.4, -0.2) is 17.4 Å². The second-order valence-electron chi connectivity index (χ2n) is 6.59. The molecule has 4 nitrogen and oxygen atoms in total. The summed E-state index contributed by atoms with van der Waals surface area (Å²) in [4.78, 5) is 16.5. The van der Waals surface area contributed by atoms with E-state index in [-0.39, 0.29) is 11.1 Å². The molecule has 152 valence electrons. The zero-order chi connectivity index (χ0) is 21.2. The average molecular weight is 405 g/mol. The number of hydrogen-bond acceptors (Lipinski definition) is 3. The molecular weight excluding hydrogens is 386 g/mol. The van der Waals surface area contributed by atoms with Gasteiger partial charge in [0, 0.05) is 18.1 Å². The van der Waals surface area contributed by atoms with Crippen molar-refractivity contribution < 1.29 is 22.4 Å². The minimum absolute atomic E-state index is 0.144. The molecule has 1 aromatic heterocycles. The number of halogens is 4. The number of alkyl halides is 3. The van der Waals surface area contributed by atoms with Crippen molar-refractivity contribution >= 4 is 22.5 Å². The number of benzene rings is 2. The highest BCUT2D eigenvalue weighted by atomic mass is 19.4. The molecule has 1 atom stereocenters. The van der Waals surface area contributed by atoms with Crippen LogP contribution >= 0.6 is 0 Å². The van der Waals surface area contributed by atoms with Gasteiger partial charge in [0.05, 0.1) is 28.4 Å². The maximum absolute atomic E-state index is 14.1. The maximum atomic E-state index is 14.1. The van der Waals surface area contributed by atoms with Gasteiger partial charge in [-0.25, -0.2) is 4.39 Å². The first kappa shape index (κ1) is 20.6. The van der Waals surface area contributed by atoms with Gasteiger partial charge in [-0.3, -0.25) is 9.78 Å². The van der Waals surface area contributed by atoms with Crippen LogP contribution in [0, 0.1) is 5.82 Å². The molecule has 0 aliphatic rings. The summed E-state index contributed by atoms with van der Waals surface area (Å²) in [6.45, 7) is 4.16. The minimum Gasteiger partial charge on any atom is -0.383 e. The molecule has 1 amide bonds. The Bertz CT molecular complexity index is 1050. The van der Waals surface area contributed by atoms with E-state index in [4.69, 9.17) is 0 Å². The second kappa shape index (κ2) is 8.06. The van der Waals surface area contributed by atoms with E-state index in [9.17, 15) is 22.4 Å². The predicted octanol–water partition coefficient (Wildman–Crippen LogP) is 5.32. The number of carbonyl (C=O) groups is 1. The molecule has 8 heteroatoms. The fraction of sp³-hybridized carbons (Fsp3) is 0.238. The molecule has 0 aliphatic carbocycles. The summed E-state index contributed by atoms with van der Waals surface area (Å²) >= 11 is 0. The molecule has 2 aromatic carbocycles. The molecule has 0 spiro atoms. The molecular formula is C21H19F4N3O. The zero-order valence-corrected chi connectivity index (χ0v) is 15.8. The number of pyridine rings is 1. The highest BCUT2D eigenvalue weighted by Crippen LogP contribution is 2.31. The first-order valence-corrected chi connectivity index (χ1v) is 9.00. The number of anilines is 1. The number of nitrogens with one attached hydrogen (secondary N) is 2. The van der Waals surface area contributed by atoms with E-state index in [1.807, 2.05) is 6.92 Å². The number of aromatic nitrogens is 1. The van der Waals surface area contributed by atoms with Crippen LogP contribution in [0.4, 0.5) is 23.2 Å². The van der Waals surface area contributed by atoms with Gasteiger partial charge in [-0.15, -0.1) is 0 Å². The molecule has 0 aliphatic heterocycles. The molecule has 1 heterocycles. The van der Waals surface area contributed by atoms with Crippen molar-refractivity contribution in [3.05, 3.63) is 71.2 Å². The Labute approximate surface area is 165 Å². The van der Waals surface area contributed by atoms with E-state index < -0.39 is 29.5 Å². The number of hydrogen-bond donors (Lipinski definition) is 2. The number of fused-ring (bicyclic) bond motifs is 1. The number of nitrogens with zero attached hydrogens (tertiary/aromatic N) is 1. The van der Waals surface area contributed by atoms with Gasteiger partial charge in [-0.1, -0.05) is 12.1 Å². The SMILES string of the molecule is CCNc1ccc([C@@H](C)NC(=O)c2cnc3cc(C(F)(F)F)ccc3c2)cc1F. The van der Waals surface area contributed by atoms with E-state index >= 15 is 0 Å². The van der Waals surface area contributed by atoms with Crippen molar-refractivity contribution in [1.82, 2.24) is 10.3 Å². The van der Waals surface area contributed by atoms with Gasteiger partial charge in [-0.2, -0.15) is 13.2 Å². The molecule has 2 N–H and O–H groups in total. The summed E-state index contributed by atoms with van der Waals surface area (Å²) in [5.41, 5.74) is 0.513. The van der Waals surface area contributed by atoms with Crippen LogP contribution < -0.4 is 10.6 Å². The lowest BCUT2D eigenvalue weighted by molar-refractivity contribution is -0.137. The molecule has 0 bridgehead atoms. The van der Waals surface area contributed by atoms with Crippen molar-refractivity contribution in [2.75, 3.05) is 11.9 Å². The Hall–Kier alpha value is -3.16. The Kier molecular flexibility index (Phi) is 5.72. The third-order valence-electron chi connectivity index (χ3n) is 4.48. The maximum Gasteiger partial charge on any atom is 0.416 e. The summed E-state index contributed by atoms with van der Waals surface area (Å²) in [5, 5.41) is 6.06. The van der Waals surface area contributed by atoms with Crippen molar-refractivity contribution in [2.24, 2.45) is 0 Å². The van der Waals surface area contributed by atoms with Crippen LogP contribution in [0.3, 0.4) is 0 Å². The Balaban J connectivity index is 1.77. The minimum atomic E-state index is -4.46. The van der Waals surface area contributed by atoms with Gasteiger partial charge in [0.1, 0.15) is 5.82 Å². The van der Waals surface area contributed by atoms with Crippen LogP contribution in [0.25, 0.3) is 10.9 Å². The summed E-state index contributed by atoms with van der Waals surface area (Å²) in [6, 6.07) is 8.82. The lowest BCUT2D eigenvalue weighted by atomic mass is 10.1. The number of amides is 1. The van der Waals surface area contributed by atoms with Crippen LogP contribution in [0.5, 0.6) is 0 Å². The molecule has 0 unspecified atom stereocenters. The lowest BCUT2D eigenvalue weighted by Crippen LogP contribution is -2.26. The third kappa shape index (κ3) is 4.64. The van der Waals surface area contributed by atoms with E-state index in [2.05, 4.69) is 15.6 Å². The standard InChI is InChI=1S/C21H19F4N3O/c1-3-26-18-7-5-13(9-17(18)22)12(2)28-20(29)15-8-14-4-6-16(21(23,24)25)10-19(14)27-11-15/h4-12,26H,3H2,1-2H3,(H,28,29)/t12-/m1/s1. The van der Waals surface area contributed by atoms with Gasteiger partial charge in [0.2, 0.25) is 0 Å². The second-order valence-corrected chi connectivity index (χ2v) is 6.59. The molecule has 3 aromatic rings. The highest BCUT2D eigenvalue weighted by Gasteiger charge is 2.30. The molecule has 0 saturated heterocycles. The van der Waals surface area contributed by atoms with Crippen LogP contribution in [-0.2, 0) is 6.18 Å². The summed E-state index contributed by atoms with van der Waals surface area (Å²) in [7, 11) is 0. The van der Waals surface area contributed by atoms with Gasteiger partial charge in [0.25, 0.3) is 5.91 Å². The Morgan fingerprint density at radius 3 is 2.55 bits per heavy atom. The first-order valence-electron chi connectivity index (χ1n) is 9.00. The van der Waals surface area contributed by atoms with Crippen LogP contribution in [0.2, 0.25) is 0 Å². The van der Waals surface area contributed by atoms with Gasteiger partial charge in [0.15, 0.2) is 0 Å². The van der Waals surface area contributed by atoms with E-state index in [0.717, 1.165) is 12.1 Å². The van der Waals surface area contributed by atoms with Gasteiger partial charge in [-0.05, 0) is 49.7 Å². The van der Waals surface area contributed by atoms with Crippen LogP contribution in [0.15, 0.2) is 48.7 Å². The van der Waals surface area contributed by atoms with Crippen molar-refractivity contribution in [3.8, 4) is 0 Å². The zero-order valence-electron chi connectivity index (χ0n) is 15.8. The Morgan fingerprint density at radius 1 is 1.14 bits per heavy atom. The smallest absolute Gasteiger partial charge is 0.383 e. The monoisotopic (exact) mass is 405 g/mol. The van der Waals surface area contributed by atoms with E-state index in [1.54, 1.807) is 19.1 Å². The summed E-state index contributed by atoms with van der Waals surface area (Å²) in [6.07, 6.45) is -3.24. The van der Waals surface area contributed by atoms with Crippen molar-refractivity contribution in [1.29, 1.82) is 0 Å². The van der Waals surface area contributed by atoms with Crippen molar-refractivity contribution in [3.63, 3.8) is 0 Å². The molecule has 0 fully saturated rings.